The third-order valence-corrected chi connectivity index (χ3v) is 5.17. The van der Waals surface area contributed by atoms with E-state index in [9.17, 15) is 21.6 Å². The first-order chi connectivity index (χ1) is 11.2. The zero-order valence-corrected chi connectivity index (χ0v) is 14.0. The van der Waals surface area contributed by atoms with Crippen LogP contribution in [0.4, 0.5) is 13.2 Å². The highest BCUT2D eigenvalue weighted by atomic mass is 32.2. The van der Waals surface area contributed by atoms with E-state index in [-0.39, 0.29) is 0 Å². The van der Waals surface area contributed by atoms with E-state index in [1.54, 1.807) is 11.4 Å². The topological polar surface area (TPSA) is 46.6 Å². The normalized spacial score (nSPS) is 18.4. The molecule has 128 valence electrons. The second-order valence-corrected chi connectivity index (χ2v) is 7.86. The number of nitrogens with zero attached hydrogens (tertiary/aromatic N) is 1. The lowest BCUT2D eigenvalue weighted by Crippen LogP contribution is -2.26. The Labute approximate surface area is 140 Å². The van der Waals surface area contributed by atoms with E-state index in [1.807, 2.05) is 5.38 Å². The van der Waals surface area contributed by atoms with Crippen LogP contribution in [0.1, 0.15) is 22.9 Å². The maximum Gasteiger partial charge on any atom is 0.416 e. The van der Waals surface area contributed by atoms with Gasteiger partial charge in [0, 0.05) is 16.5 Å². The van der Waals surface area contributed by atoms with Gasteiger partial charge in [-0.05, 0) is 23.6 Å². The van der Waals surface area contributed by atoms with Gasteiger partial charge < -0.3 is 4.74 Å². The molecule has 0 aliphatic carbocycles. The minimum absolute atomic E-state index is 0.315. The second-order valence-electron chi connectivity index (χ2n) is 5.19. The summed E-state index contributed by atoms with van der Waals surface area (Å²) in [7, 11) is -3.65. The minimum atomic E-state index is -4.45. The van der Waals surface area contributed by atoms with Crippen molar-refractivity contribution >= 4 is 27.1 Å². The van der Waals surface area contributed by atoms with Crippen molar-refractivity contribution in [3.8, 4) is 0 Å². The second kappa shape index (κ2) is 5.82. The van der Waals surface area contributed by atoms with Crippen LogP contribution in [-0.2, 0) is 20.9 Å². The van der Waals surface area contributed by atoms with Crippen molar-refractivity contribution in [2.45, 2.75) is 12.4 Å². The maximum atomic E-state index is 12.7. The van der Waals surface area contributed by atoms with Crippen molar-refractivity contribution in [1.29, 1.82) is 0 Å². The summed E-state index contributed by atoms with van der Waals surface area (Å²) in [5.41, 5.74) is 0.221. The number of benzene rings is 1. The van der Waals surface area contributed by atoms with Crippen LogP contribution < -0.4 is 0 Å². The zero-order valence-electron chi connectivity index (χ0n) is 12.3. The summed E-state index contributed by atoms with van der Waals surface area (Å²) in [6, 6.07) is 6.02. The van der Waals surface area contributed by atoms with Crippen LogP contribution in [0.3, 0.4) is 0 Å². The summed E-state index contributed by atoms with van der Waals surface area (Å²) in [6.07, 6.45) is -3.12. The number of hydrogen-bond acceptors (Lipinski definition) is 4. The van der Waals surface area contributed by atoms with Gasteiger partial charge in [0.1, 0.15) is 5.76 Å². The number of rotatable bonds is 3. The van der Waals surface area contributed by atoms with Crippen LogP contribution in [0.15, 0.2) is 47.3 Å². The number of thiophene rings is 1. The molecule has 2 aromatic rings. The van der Waals surface area contributed by atoms with Gasteiger partial charge in [-0.1, -0.05) is 12.1 Å². The van der Waals surface area contributed by atoms with Crippen molar-refractivity contribution in [1.82, 2.24) is 4.31 Å². The van der Waals surface area contributed by atoms with Gasteiger partial charge in [-0.3, -0.25) is 0 Å². The van der Waals surface area contributed by atoms with E-state index >= 15 is 0 Å². The number of hydrogen-bond donors (Lipinski definition) is 0. The van der Waals surface area contributed by atoms with E-state index in [1.165, 1.54) is 29.7 Å². The quantitative estimate of drug-likeness (QED) is 0.813. The SMILES string of the molecule is CS(=O)(=O)N1C=C(c2ccsc2)O[C@@H]1c1ccc(C(F)(F)F)cc1. The van der Waals surface area contributed by atoms with E-state index in [0.29, 0.717) is 16.9 Å². The molecule has 2 heterocycles. The highest BCUT2D eigenvalue weighted by Gasteiger charge is 2.35. The predicted octanol–water partition coefficient (Wildman–Crippen LogP) is 4.06. The molecular formula is C15H12F3NO3S2. The first-order valence-corrected chi connectivity index (χ1v) is 9.52. The molecule has 0 saturated heterocycles. The molecule has 0 unspecified atom stereocenters. The Bertz CT molecular complexity index is 856. The molecule has 1 atom stereocenters. The van der Waals surface area contributed by atoms with E-state index in [2.05, 4.69) is 0 Å². The smallest absolute Gasteiger partial charge is 0.416 e. The highest BCUT2D eigenvalue weighted by Crippen LogP contribution is 2.39. The summed E-state index contributed by atoms with van der Waals surface area (Å²) in [5, 5.41) is 3.61. The van der Waals surface area contributed by atoms with Crippen LogP contribution >= 0.6 is 11.3 Å². The molecular weight excluding hydrogens is 363 g/mol. The van der Waals surface area contributed by atoms with Crippen LogP contribution in [0.2, 0.25) is 0 Å². The molecule has 1 aliphatic heterocycles. The van der Waals surface area contributed by atoms with Crippen molar-refractivity contribution in [3.63, 3.8) is 0 Å². The van der Waals surface area contributed by atoms with Gasteiger partial charge in [-0.25, -0.2) is 12.7 Å². The van der Waals surface area contributed by atoms with Crippen LogP contribution in [0.5, 0.6) is 0 Å². The van der Waals surface area contributed by atoms with E-state index < -0.39 is 28.0 Å². The monoisotopic (exact) mass is 375 g/mol. The molecule has 1 aliphatic rings. The lowest BCUT2D eigenvalue weighted by atomic mass is 10.1. The molecule has 24 heavy (non-hydrogen) atoms. The molecule has 4 nitrogen and oxygen atoms in total. The molecule has 0 amide bonds. The fourth-order valence-electron chi connectivity index (χ4n) is 2.25. The average Bonchev–Trinajstić information content (AvgIpc) is 3.15. The average molecular weight is 375 g/mol. The van der Waals surface area contributed by atoms with Gasteiger partial charge in [0.15, 0.2) is 0 Å². The summed E-state index contributed by atoms with van der Waals surface area (Å²) >= 11 is 1.42. The largest absolute Gasteiger partial charge is 0.463 e. The summed E-state index contributed by atoms with van der Waals surface area (Å²) in [5.74, 6) is 0.353. The molecule has 0 saturated carbocycles. The fourth-order valence-corrected chi connectivity index (χ4v) is 3.70. The molecule has 0 fully saturated rings. The van der Waals surface area contributed by atoms with Crippen LogP contribution in [0, 0.1) is 0 Å². The third kappa shape index (κ3) is 3.27. The lowest BCUT2D eigenvalue weighted by Gasteiger charge is -2.22. The summed E-state index contributed by atoms with van der Waals surface area (Å²) in [4.78, 5) is 0. The number of sulfonamides is 1. The Morgan fingerprint density at radius 3 is 2.33 bits per heavy atom. The molecule has 0 spiro atoms. The van der Waals surface area contributed by atoms with E-state index in [4.69, 9.17) is 4.74 Å². The molecule has 3 rings (SSSR count). The van der Waals surface area contributed by atoms with Crippen molar-refractivity contribution in [2.24, 2.45) is 0 Å². The predicted molar refractivity (Wildman–Crippen MR) is 84.2 cm³/mol. The van der Waals surface area contributed by atoms with Gasteiger partial charge in [0.25, 0.3) is 0 Å². The van der Waals surface area contributed by atoms with Gasteiger partial charge in [0.05, 0.1) is 18.0 Å². The Kier molecular flexibility index (Phi) is 4.08. The zero-order chi connectivity index (χ0) is 17.5. The lowest BCUT2D eigenvalue weighted by molar-refractivity contribution is -0.137. The molecule has 1 aromatic carbocycles. The first-order valence-electron chi connectivity index (χ1n) is 6.73. The molecule has 0 radical (unpaired) electrons. The van der Waals surface area contributed by atoms with Gasteiger partial charge in [-0.15, -0.1) is 0 Å². The maximum absolute atomic E-state index is 12.7. The van der Waals surface area contributed by atoms with Crippen molar-refractivity contribution in [2.75, 3.05) is 6.26 Å². The van der Waals surface area contributed by atoms with E-state index in [0.717, 1.165) is 22.7 Å². The standard InChI is InChI=1S/C15H12F3NO3S2/c1-24(20,21)19-8-13(11-6-7-23-9-11)22-14(19)10-2-4-12(5-3-10)15(16,17)18/h2-9,14H,1H3/t14-/m1/s1. The highest BCUT2D eigenvalue weighted by molar-refractivity contribution is 7.88. The Morgan fingerprint density at radius 2 is 1.83 bits per heavy atom. The number of alkyl halides is 3. The molecule has 0 N–H and O–H groups in total. The minimum Gasteiger partial charge on any atom is -0.463 e. The molecule has 0 bridgehead atoms. The Hall–Kier alpha value is -2.00. The van der Waals surface area contributed by atoms with Gasteiger partial charge >= 0.3 is 6.18 Å². The van der Waals surface area contributed by atoms with Crippen molar-refractivity contribution < 1.29 is 26.3 Å². The van der Waals surface area contributed by atoms with Gasteiger partial charge in [0.2, 0.25) is 16.3 Å². The number of halogens is 3. The molecule has 1 aromatic heterocycles. The third-order valence-electron chi connectivity index (χ3n) is 3.43. The van der Waals surface area contributed by atoms with Gasteiger partial charge in [-0.2, -0.15) is 24.5 Å². The fraction of sp³-hybridized carbons (Fsp3) is 0.200. The van der Waals surface area contributed by atoms with Crippen LogP contribution in [0.25, 0.3) is 5.76 Å². The summed E-state index contributed by atoms with van der Waals surface area (Å²) in [6.45, 7) is 0. The molecule has 9 heteroatoms. The Balaban J connectivity index is 1.95. The first kappa shape index (κ1) is 16.8. The van der Waals surface area contributed by atoms with Crippen molar-refractivity contribution in [3.05, 3.63) is 64.0 Å². The van der Waals surface area contributed by atoms with Crippen LogP contribution in [-0.4, -0.2) is 19.0 Å². The Morgan fingerprint density at radius 1 is 1.17 bits per heavy atom. The number of ether oxygens (including phenoxy) is 1. The summed E-state index contributed by atoms with van der Waals surface area (Å²) < 4.78 is 68.6.